The second-order valence-electron chi connectivity index (χ2n) is 6.23. The first-order chi connectivity index (χ1) is 10.3. The van der Waals surface area contributed by atoms with Crippen LogP contribution in [0.15, 0.2) is 0 Å². The Kier molecular flexibility index (Phi) is 3.43. The van der Waals surface area contributed by atoms with Crippen LogP contribution in [0.2, 0.25) is 0 Å². The van der Waals surface area contributed by atoms with Crippen molar-refractivity contribution in [1.29, 1.82) is 0 Å². The van der Waals surface area contributed by atoms with Crippen molar-refractivity contribution in [1.82, 2.24) is 19.8 Å². The monoisotopic (exact) mass is 307 g/mol. The molecule has 0 radical (unpaired) electrons. The number of hydrogen-bond acceptors (Lipinski definition) is 6. The third-order valence-corrected chi connectivity index (χ3v) is 5.77. The first kappa shape index (κ1) is 13.6. The van der Waals surface area contributed by atoms with Crippen molar-refractivity contribution in [2.45, 2.75) is 63.0 Å². The summed E-state index contributed by atoms with van der Waals surface area (Å²) < 4.78 is 7.57. The van der Waals surface area contributed by atoms with E-state index in [1.54, 1.807) is 11.3 Å². The maximum absolute atomic E-state index is 6.66. The van der Waals surface area contributed by atoms with E-state index in [-0.39, 0.29) is 11.6 Å². The molecule has 1 aliphatic heterocycles. The zero-order valence-electron chi connectivity index (χ0n) is 12.1. The molecule has 21 heavy (non-hydrogen) atoms. The molecular formula is C14H21N5OS. The van der Waals surface area contributed by atoms with Crippen molar-refractivity contribution < 1.29 is 4.74 Å². The van der Waals surface area contributed by atoms with E-state index in [4.69, 9.17) is 15.6 Å². The van der Waals surface area contributed by atoms with Crippen molar-refractivity contribution in [2.24, 2.45) is 5.73 Å². The molecule has 0 amide bonds. The molecule has 2 aromatic heterocycles. The molecule has 0 aromatic carbocycles. The highest BCUT2D eigenvalue weighted by molar-refractivity contribution is 7.16. The van der Waals surface area contributed by atoms with Crippen molar-refractivity contribution in [3.8, 4) is 0 Å². The van der Waals surface area contributed by atoms with Gasteiger partial charge in [-0.15, -0.1) is 10.2 Å². The summed E-state index contributed by atoms with van der Waals surface area (Å²) in [5, 5.41) is 14.3. The predicted octanol–water partition coefficient (Wildman–Crippen LogP) is 2.55. The van der Waals surface area contributed by atoms with Crippen LogP contribution in [0.25, 0.3) is 4.96 Å². The van der Waals surface area contributed by atoms with Crippen molar-refractivity contribution in [3.63, 3.8) is 0 Å². The van der Waals surface area contributed by atoms with Gasteiger partial charge in [-0.1, -0.05) is 37.0 Å². The molecule has 2 aromatic rings. The minimum atomic E-state index is -0.282. The topological polar surface area (TPSA) is 78.3 Å². The molecule has 0 spiro atoms. The predicted molar refractivity (Wildman–Crippen MR) is 80.2 cm³/mol. The fraction of sp³-hybridized carbons (Fsp3) is 0.786. The second-order valence-corrected chi connectivity index (χ2v) is 7.19. The Morgan fingerprint density at radius 2 is 1.95 bits per heavy atom. The van der Waals surface area contributed by atoms with Crippen LogP contribution in [0.3, 0.4) is 0 Å². The molecular weight excluding hydrogens is 286 g/mol. The van der Waals surface area contributed by atoms with Crippen LogP contribution in [-0.4, -0.2) is 26.4 Å². The molecule has 3 heterocycles. The summed E-state index contributed by atoms with van der Waals surface area (Å²) in [6.45, 7) is 0.803. The number of fused-ring (bicyclic) bond motifs is 1. The highest BCUT2D eigenvalue weighted by Crippen LogP contribution is 2.36. The molecule has 1 saturated carbocycles. The molecule has 6 nitrogen and oxygen atoms in total. The van der Waals surface area contributed by atoms with E-state index < -0.39 is 0 Å². The number of ether oxygens (including phenoxy) is 1. The fourth-order valence-electron chi connectivity index (χ4n) is 3.39. The Morgan fingerprint density at radius 1 is 1.14 bits per heavy atom. The lowest BCUT2D eigenvalue weighted by Gasteiger charge is -2.24. The van der Waals surface area contributed by atoms with Gasteiger partial charge in [-0.05, 0) is 25.7 Å². The molecule has 0 bridgehead atoms. The number of hydrogen-bond donors (Lipinski definition) is 1. The molecule has 4 rings (SSSR count). The lowest BCUT2D eigenvalue weighted by atomic mass is 9.92. The Bertz CT molecular complexity index is 622. The molecule has 2 fully saturated rings. The SMILES string of the molecule is NC1(c2nn3c(C4CCCO4)nnc3s2)CCCCCC1. The van der Waals surface area contributed by atoms with Crippen molar-refractivity contribution in [2.75, 3.05) is 6.61 Å². The molecule has 1 unspecified atom stereocenters. The summed E-state index contributed by atoms with van der Waals surface area (Å²) in [5.41, 5.74) is 6.38. The van der Waals surface area contributed by atoms with E-state index in [2.05, 4.69) is 10.2 Å². The van der Waals surface area contributed by atoms with Gasteiger partial charge in [0.05, 0.1) is 5.54 Å². The third kappa shape index (κ3) is 2.37. The minimum Gasteiger partial charge on any atom is -0.370 e. The molecule has 1 atom stereocenters. The smallest absolute Gasteiger partial charge is 0.234 e. The van der Waals surface area contributed by atoms with E-state index in [1.807, 2.05) is 4.52 Å². The molecule has 114 valence electrons. The van der Waals surface area contributed by atoms with Crippen LogP contribution in [0.1, 0.15) is 68.3 Å². The first-order valence-corrected chi connectivity index (χ1v) is 8.71. The van der Waals surface area contributed by atoms with Crippen LogP contribution >= 0.6 is 11.3 Å². The standard InChI is InChI=1S/C14H21N5OS/c15-14(7-3-1-2-4-8-14)12-18-19-11(10-6-5-9-20-10)16-17-13(19)21-12/h10H,1-9,15H2. The zero-order valence-corrected chi connectivity index (χ0v) is 12.9. The quantitative estimate of drug-likeness (QED) is 0.863. The van der Waals surface area contributed by atoms with E-state index in [9.17, 15) is 0 Å². The van der Waals surface area contributed by atoms with E-state index >= 15 is 0 Å². The Morgan fingerprint density at radius 3 is 2.67 bits per heavy atom. The third-order valence-electron chi connectivity index (χ3n) is 4.65. The van der Waals surface area contributed by atoms with Crippen LogP contribution in [0, 0.1) is 0 Å². The highest BCUT2D eigenvalue weighted by atomic mass is 32.1. The Hall–Kier alpha value is -1.05. The average molecular weight is 307 g/mol. The molecule has 2 N–H and O–H groups in total. The highest BCUT2D eigenvalue weighted by Gasteiger charge is 2.33. The summed E-state index contributed by atoms with van der Waals surface area (Å²) in [6, 6.07) is 0. The lowest BCUT2D eigenvalue weighted by Crippen LogP contribution is -2.36. The van der Waals surface area contributed by atoms with E-state index in [1.165, 1.54) is 25.7 Å². The van der Waals surface area contributed by atoms with E-state index in [0.29, 0.717) is 0 Å². The lowest BCUT2D eigenvalue weighted by molar-refractivity contribution is 0.103. The van der Waals surface area contributed by atoms with Gasteiger partial charge >= 0.3 is 0 Å². The van der Waals surface area contributed by atoms with Crippen LogP contribution in [-0.2, 0) is 10.3 Å². The van der Waals surface area contributed by atoms with Gasteiger partial charge in [0, 0.05) is 6.61 Å². The summed E-state index contributed by atoms with van der Waals surface area (Å²) in [7, 11) is 0. The van der Waals surface area contributed by atoms with Crippen LogP contribution in [0.4, 0.5) is 0 Å². The summed E-state index contributed by atoms with van der Waals surface area (Å²) >= 11 is 1.59. The molecule has 1 saturated heterocycles. The fourth-order valence-corrected chi connectivity index (χ4v) is 4.39. The molecule has 2 aliphatic rings. The van der Waals surface area contributed by atoms with Crippen molar-refractivity contribution in [3.05, 3.63) is 10.8 Å². The number of rotatable bonds is 2. The normalized spacial score (nSPS) is 26.2. The minimum absolute atomic E-state index is 0.0396. The number of nitrogens with zero attached hydrogens (tertiary/aromatic N) is 4. The Labute approximate surface area is 127 Å². The zero-order chi connectivity index (χ0) is 14.3. The first-order valence-electron chi connectivity index (χ1n) is 7.89. The van der Waals surface area contributed by atoms with Gasteiger partial charge in [0.25, 0.3) is 0 Å². The Balaban J connectivity index is 1.70. The van der Waals surface area contributed by atoms with Crippen LogP contribution in [0.5, 0.6) is 0 Å². The van der Waals surface area contributed by atoms with Gasteiger partial charge in [-0.25, -0.2) is 0 Å². The van der Waals surface area contributed by atoms with Crippen LogP contribution < -0.4 is 5.73 Å². The second kappa shape index (κ2) is 5.30. The summed E-state index contributed by atoms with van der Waals surface area (Å²) in [4.78, 5) is 0.838. The van der Waals surface area contributed by atoms with Gasteiger partial charge in [-0.3, -0.25) is 0 Å². The largest absolute Gasteiger partial charge is 0.370 e. The number of nitrogens with two attached hydrogens (primary N) is 1. The average Bonchev–Trinajstić information content (AvgIpc) is 3.15. The molecule has 7 heteroatoms. The maximum Gasteiger partial charge on any atom is 0.234 e. The van der Waals surface area contributed by atoms with E-state index in [0.717, 1.165) is 48.1 Å². The molecule has 1 aliphatic carbocycles. The van der Waals surface area contributed by atoms with Gasteiger partial charge in [0.15, 0.2) is 5.82 Å². The van der Waals surface area contributed by atoms with Gasteiger partial charge in [0.2, 0.25) is 4.96 Å². The summed E-state index contributed by atoms with van der Waals surface area (Å²) in [6.07, 6.45) is 9.11. The van der Waals surface area contributed by atoms with Gasteiger partial charge < -0.3 is 10.5 Å². The van der Waals surface area contributed by atoms with Gasteiger partial charge in [0.1, 0.15) is 11.1 Å². The van der Waals surface area contributed by atoms with Gasteiger partial charge in [-0.2, -0.15) is 9.61 Å². The summed E-state index contributed by atoms with van der Waals surface area (Å²) in [5.74, 6) is 0.835. The maximum atomic E-state index is 6.66. The van der Waals surface area contributed by atoms with Crippen molar-refractivity contribution >= 4 is 16.3 Å². The number of aromatic nitrogens is 4.